The summed E-state index contributed by atoms with van der Waals surface area (Å²) in [5, 5.41) is 15.1. The van der Waals surface area contributed by atoms with Crippen LogP contribution in [0.4, 0.5) is 0 Å². The molecule has 0 amide bonds. The number of hydrogen-bond donors (Lipinski definition) is 2. The molecule has 0 bridgehead atoms. The number of hydrogen-bond acceptors (Lipinski definition) is 3. The molecule has 1 aliphatic rings. The zero-order valence-corrected chi connectivity index (χ0v) is 11.8. The van der Waals surface area contributed by atoms with E-state index in [4.69, 9.17) is 0 Å². The van der Waals surface area contributed by atoms with E-state index in [1.165, 1.54) is 4.88 Å². The summed E-state index contributed by atoms with van der Waals surface area (Å²) in [6.07, 6.45) is 3.81. The molecule has 0 saturated heterocycles. The van der Waals surface area contributed by atoms with E-state index in [2.05, 4.69) is 19.2 Å². The Morgan fingerprint density at radius 3 is 2.72 bits per heavy atom. The van der Waals surface area contributed by atoms with Gasteiger partial charge in [-0.25, -0.2) is 0 Å². The normalized spacial score (nSPS) is 27.0. The summed E-state index contributed by atoms with van der Waals surface area (Å²) in [6.45, 7) is 4.79. The third-order valence-electron chi connectivity index (χ3n) is 4.27. The van der Waals surface area contributed by atoms with E-state index in [0.29, 0.717) is 6.54 Å². The fourth-order valence-electron chi connectivity index (χ4n) is 2.96. The maximum atomic E-state index is 11.8. The summed E-state index contributed by atoms with van der Waals surface area (Å²) in [7, 11) is 0. The highest BCUT2D eigenvalue weighted by Gasteiger charge is 2.52. The van der Waals surface area contributed by atoms with Crippen LogP contribution >= 0.6 is 11.3 Å². The van der Waals surface area contributed by atoms with Crippen molar-refractivity contribution in [3.63, 3.8) is 0 Å². The zero-order chi connectivity index (χ0) is 13.2. The minimum atomic E-state index is -0.783. The molecule has 1 aromatic heterocycles. The molecule has 4 heteroatoms. The first-order valence-electron chi connectivity index (χ1n) is 6.49. The van der Waals surface area contributed by atoms with Crippen LogP contribution in [0.5, 0.6) is 0 Å². The molecule has 2 rings (SSSR count). The summed E-state index contributed by atoms with van der Waals surface area (Å²) in [5.74, 6) is -0.705. The van der Waals surface area contributed by atoms with Crippen LogP contribution in [0.2, 0.25) is 0 Å². The van der Waals surface area contributed by atoms with Gasteiger partial charge in [0, 0.05) is 11.4 Å². The third kappa shape index (κ3) is 2.31. The summed E-state index contributed by atoms with van der Waals surface area (Å²) < 4.78 is 0. The Kier molecular flexibility index (Phi) is 3.78. The van der Waals surface area contributed by atoms with Gasteiger partial charge in [-0.2, -0.15) is 0 Å². The van der Waals surface area contributed by atoms with Gasteiger partial charge in [0.15, 0.2) is 0 Å². The second-order valence-corrected chi connectivity index (χ2v) is 6.77. The lowest BCUT2D eigenvalue weighted by Gasteiger charge is -2.47. The second kappa shape index (κ2) is 5.02. The van der Waals surface area contributed by atoms with E-state index in [1.807, 2.05) is 17.5 Å². The average Bonchev–Trinajstić information content (AvgIpc) is 2.80. The van der Waals surface area contributed by atoms with Crippen LogP contribution in [0.25, 0.3) is 0 Å². The molecule has 0 aromatic carbocycles. The fraction of sp³-hybridized carbons (Fsp3) is 0.643. The summed E-state index contributed by atoms with van der Waals surface area (Å²) in [5.41, 5.74) is -0.983. The minimum absolute atomic E-state index is 0.200. The van der Waals surface area contributed by atoms with Crippen molar-refractivity contribution in [2.45, 2.75) is 51.6 Å². The van der Waals surface area contributed by atoms with Gasteiger partial charge in [0.25, 0.3) is 0 Å². The Morgan fingerprint density at radius 1 is 1.44 bits per heavy atom. The van der Waals surface area contributed by atoms with Gasteiger partial charge in [-0.05, 0) is 29.7 Å². The summed E-state index contributed by atoms with van der Waals surface area (Å²) >= 11 is 1.67. The number of carboxylic acids is 1. The molecule has 0 radical (unpaired) electrons. The topological polar surface area (TPSA) is 49.3 Å². The van der Waals surface area contributed by atoms with E-state index in [1.54, 1.807) is 11.3 Å². The molecule has 1 aromatic rings. The lowest BCUT2D eigenvalue weighted by molar-refractivity contribution is -0.153. The van der Waals surface area contributed by atoms with Gasteiger partial charge in [0.2, 0.25) is 0 Å². The molecule has 1 saturated carbocycles. The first-order chi connectivity index (χ1) is 8.48. The van der Waals surface area contributed by atoms with Gasteiger partial charge < -0.3 is 5.11 Å². The maximum absolute atomic E-state index is 11.8. The zero-order valence-electron chi connectivity index (χ0n) is 11.0. The van der Waals surface area contributed by atoms with Gasteiger partial charge in [0.05, 0.1) is 0 Å². The summed E-state index contributed by atoms with van der Waals surface area (Å²) in [6, 6.07) is 4.05. The number of aliphatic carboxylic acids is 1. The van der Waals surface area contributed by atoms with Crippen molar-refractivity contribution >= 4 is 17.3 Å². The molecule has 0 aliphatic heterocycles. The van der Waals surface area contributed by atoms with Gasteiger partial charge in [-0.15, -0.1) is 11.3 Å². The first kappa shape index (κ1) is 13.6. The van der Waals surface area contributed by atoms with Gasteiger partial charge in [-0.3, -0.25) is 10.1 Å². The van der Waals surface area contributed by atoms with Crippen LogP contribution in [0.15, 0.2) is 17.5 Å². The highest BCUT2D eigenvalue weighted by Crippen LogP contribution is 2.44. The number of rotatable bonds is 4. The Balaban J connectivity index is 2.18. The average molecular weight is 267 g/mol. The van der Waals surface area contributed by atoms with Crippen molar-refractivity contribution in [1.82, 2.24) is 5.32 Å². The van der Waals surface area contributed by atoms with Crippen molar-refractivity contribution in [3.8, 4) is 0 Å². The first-order valence-corrected chi connectivity index (χ1v) is 7.37. The molecular formula is C14H21NO2S. The lowest BCUT2D eigenvalue weighted by Crippen LogP contribution is -2.62. The molecule has 3 nitrogen and oxygen atoms in total. The van der Waals surface area contributed by atoms with Gasteiger partial charge in [0.1, 0.15) is 5.54 Å². The monoisotopic (exact) mass is 267 g/mol. The maximum Gasteiger partial charge on any atom is 0.324 e. The van der Waals surface area contributed by atoms with Crippen molar-refractivity contribution in [2.24, 2.45) is 5.41 Å². The Morgan fingerprint density at radius 2 is 2.17 bits per heavy atom. The van der Waals surface area contributed by atoms with E-state index in [9.17, 15) is 9.90 Å². The van der Waals surface area contributed by atoms with Crippen molar-refractivity contribution in [3.05, 3.63) is 22.4 Å². The number of carbonyl (C=O) groups is 1. The second-order valence-electron chi connectivity index (χ2n) is 5.73. The van der Waals surface area contributed by atoms with Crippen molar-refractivity contribution < 1.29 is 9.90 Å². The third-order valence-corrected chi connectivity index (χ3v) is 5.14. The largest absolute Gasteiger partial charge is 0.480 e. The van der Waals surface area contributed by atoms with Crippen molar-refractivity contribution in [2.75, 3.05) is 0 Å². The standard InChI is InChI=1S/C14H21NO2S/c1-13(2)7-3-4-8-14(13,12(16)17)15-10-11-6-5-9-18-11/h5-6,9,15H,3-4,7-8,10H2,1-2H3,(H,16,17). The SMILES string of the molecule is CC1(C)CCCCC1(NCc1cccs1)C(=O)O. The molecule has 0 spiro atoms. The smallest absolute Gasteiger partial charge is 0.324 e. The van der Waals surface area contributed by atoms with Crippen LogP contribution in [0, 0.1) is 5.41 Å². The van der Waals surface area contributed by atoms with E-state index in [-0.39, 0.29) is 5.41 Å². The van der Waals surface area contributed by atoms with Gasteiger partial charge >= 0.3 is 5.97 Å². The predicted molar refractivity (Wildman–Crippen MR) is 73.8 cm³/mol. The van der Waals surface area contributed by atoms with Crippen LogP contribution in [-0.4, -0.2) is 16.6 Å². The van der Waals surface area contributed by atoms with E-state index >= 15 is 0 Å². The predicted octanol–water partition coefficient (Wildman–Crippen LogP) is 3.26. The minimum Gasteiger partial charge on any atom is -0.480 e. The Bertz CT molecular complexity index is 413. The molecule has 100 valence electrons. The Labute approximate surface area is 112 Å². The van der Waals surface area contributed by atoms with E-state index < -0.39 is 11.5 Å². The molecule has 1 atom stereocenters. The molecule has 1 aliphatic carbocycles. The lowest BCUT2D eigenvalue weighted by atomic mass is 9.63. The quantitative estimate of drug-likeness (QED) is 0.880. The number of nitrogens with one attached hydrogen (secondary N) is 1. The van der Waals surface area contributed by atoms with Crippen LogP contribution in [-0.2, 0) is 11.3 Å². The van der Waals surface area contributed by atoms with Crippen LogP contribution in [0.3, 0.4) is 0 Å². The number of carboxylic acid groups (broad SMARTS) is 1. The highest BCUT2D eigenvalue weighted by atomic mass is 32.1. The molecule has 1 fully saturated rings. The van der Waals surface area contributed by atoms with E-state index in [0.717, 1.165) is 25.7 Å². The molecular weight excluding hydrogens is 246 g/mol. The van der Waals surface area contributed by atoms with Crippen LogP contribution in [0.1, 0.15) is 44.4 Å². The molecule has 1 heterocycles. The molecule has 18 heavy (non-hydrogen) atoms. The Hall–Kier alpha value is -0.870. The number of thiophene rings is 1. The van der Waals surface area contributed by atoms with Crippen molar-refractivity contribution in [1.29, 1.82) is 0 Å². The van der Waals surface area contributed by atoms with Gasteiger partial charge in [-0.1, -0.05) is 32.8 Å². The highest BCUT2D eigenvalue weighted by molar-refractivity contribution is 7.09. The summed E-state index contributed by atoms with van der Waals surface area (Å²) in [4.78, 5) is 13.0. The molecule has 2 N–H and O–H groups in total. The fourth-order valence-corrected chi connectivity index (χ4v) is 3.60. The van der Waals surface area contributed by atoms with Crippen LogP contribution < -0.4 is 5.32 Å². The molecule has 1 unspecified atom stereocenters.